The quantitative estimate of drug-likeness (QED) is 0.593. The normalized spacial score (nSPS) is 12.2. The van der Waals surface area contributed by atoms with Crippen molar-refractivity contribution in [1.82, 2.24) is 0 Å². The lowest BCUT2D eigenvalue weighted by atomic mass is 10.1. The molecule has 0 aliphatic carbocycles. The first-order valence-corrected chi connectivity index (χ1v) is 5.36. The first-order chi connectivity index (χ1) is 8.06. The predicted octanol–water partition coefficient (Wildman–Crippen LogP) is 2.31. The van der Waals surface area contributed by atoms with Crippen molar-refractivity contribution < 1.29 is 14.4 Å². The molecule has 0 amide bonds. The Labute approximate surface area is 98.4 Å². The Morgan fingerprint density at radius 3 is 2.88 bits per heavy atom. The average molecular weight is 242 g/mol. The van der Waals surface area contributed by atoms with Crippen molar-refractivity contribution in [2.75, 3.05) is 11.9 Å². The van der Waals surface area contributed by atoms with E-state index >= 15 is 0 Å². The first-order valence-electron chi connectivity index (χ1n) is 5.36. The largest absolute Gasteiger partial charge is 0.396 e. The molecule has 0 spiro atoms. The molecule has 17 heavy (non-hydrogen) atoms. The van der Waals surface area contributed by atoms with E-state index in [2.05, 4.69) is 5.32 Å². The molecule has 0 aliphatic heterocycles. The minimum atomic E-state index is -0.852. The summed E-state index contributed by atoms with van der Waals surface area (Å²) in [5.74, 6) is -0.852. The van der Waals surface area contributed by atoms with Crippen molar-refractivity contribution in [3.8, 4) is 0 Å². The number of para-hydroxylation sites is 1. The number of nitro benzene ring substituents is 1. The molecule has 0 heterocycles. The Morgan fingerprint density at radius 1 is 1.59 bits per heavy atom. The molecular weight excluding hydrogens is 227 g/mol. The van der Waals surface area contributed by atoms with Gasteiger partial charge in [0.2, 0.25) is 5.82 Å². The fourth-order valence-corrected chi connectivity index (χ4v) is 1.55. The zero-order valence-electron chi connectivity index (χ0n) is 9.52. The van der Waals surface area contributed by atoms with E-state index < -0.39 is 16.4 Å². The maximum Gasteiger partial charge on any atom is 0.327 e. The van der Waals surface area contributed by atoms with Crippen molar-refractivity contribution in [3.05, 3.63) is 34.1 Å². The number of rotatable bonds is 6. The minimum Gasteiger partial charge on any atom is -0.396 e. The summed E-state index contributed by atoms with van der Waals surface area (Å²) in [5, 5.41) is 22.3. The van der Waals surface area contributed by atoms with E-state index in [1.807, 2.05) is 6.92 Å². The minimum absolute atomic E-state index is 0.0667. The van der Waals surface area contributed by atoms with Gasteiger partial charge in [0.1, 0.15) is 5.69 Å². The topological polar surface area (TPSA) is 75.4 Å². The van der Waals surface area contributed by atoms with E-state index in [1.165, 1.54) is 12.1 Å². The molecule has 1 rings (SSSR count). The highest BCUT2D eigenvalue weighted by Crippen LogP contribution is 2.28. The van der Waals surface area contributed by atoms with Crippen LogP contribution in [0.15, 0.2) is 18.2 Å². The third-order valence-corrected chi connectivity index (χ3v) is 2.37. The van der Waals surface area contributed by atoms with Crippen molar-refractivity contribution in [1.29, 1.82) is 0 Å². The number of halogens is 1. The van der Waals surface area contributed by atoms with Gasteiger partial charge < -0.3 is 10.4 Å². The molecule has 0 aromatic heterocycles. The monoisotopic (exact) mass is 242 g/mol. The van der Waals surface area contributed by atoms with Gasteiger partial charge in [-0.25, -0.2) is 0 Å². The molecule has 6 heteroatoms. The third-order valence-electron chi connectivity index (χ3n) is 2.37. The fraction of sp³-hybridized carbons (Fsp3) is 0.455. The van der Waals surface area contributed by atoms with Crippen LogP contribution in [0, 0.1) is 15.9 Å². The van der Waals surface area contributed by atoms with E-state index in [0.29, 0.717) is 12.8 Å². The number of hydrogen-bond donors (Lipinski definition) is 2. The van der Waals surface area contributed by atoms with Gasteiger partial charge in [-0.15, -0.1) is 0 Å². The predicted molar refractivity (Wildman–Crippen MR) is 62.5 cm³/mol. The molecule has 5 nitrogen and oxygen atoms in total. The number of benzene rings is 1. The molecule has 0 radical (unpaired) electrons. The van der Waals surface area contributed by atoms with Gasteiger partial charge in [0, 0.05) is 12.6 Å². The van der Waals surface area contributed by atoms with Crippen LogP contribution in [0.3, 0.4) is 0 Å². The maximum atomic E-state index is 13.3. The smallest absolute Gasteiger partial charge is 0.327 e. The van der Waals surface area contributed by atoms with E-state index in [1.54, 1.807) is 0 Å². The van der Waals surface area contributed by atoms with Crippen molar-refractivity contribution in [3.63, 3.8) is 0 Å². The van der Waals surface area contributed by atoms with Crippen LogP contribution in [0.1, 0.15) is 19.8 Å². The van der Waals surface area contributed by atoms with Crippen LogP contribution in [-0.2, 0) is 0 Å². The van der Waals surface area contributed by atoms with E-state index in [9.17, 15) is 14.5 Å². The van der Waals surface area contributed by atoms with Crippen LogP contribution in [0.4, 0.5) is 15.8 Å². The second-order valence-electron chi connectivity index (χ2n) is 3.80. The molecule has 94 valence electrons. The third kappa shape index (κ3) is 3.67. The lowest BCUT2D eigenvalue weighted by molar-refractivity contribution is -0.386. The highest BCUT2D eigenvalue weighted by atomic mass is 19.1. The second-order valence-corrected chi connectivity index (χ2v) is 3.80. The number of nitrogens with zero attached hydrogens (tertiary/aromatic N) is 1. The standard InChI is InChI=1S/C11H15FN2O3/c1-8(4-3-7-15)13-10-6-2-5-9(12)11(10)14(16)17/h2,5-6,8,13,15H,3-4,7H2,1H3. The molecule has 1 atom stereocenters. The van der Waals surface area contributed by atoms with Crippen LogP contribution in [0.5, 0.6) is 0 Å². The number of aliphatic hydroxyl groups excluding tert-OH is 1. The van der Waals surface area contributed by atoms with Gasteiger partial charge >= 0.3 is 5.69 Å². The molecule has 0 fully saturated rings. The van der Waals surface area contributed by atoms with Gasteiger partial charge in [-0.05, 0) is 31.9 Å². The number of anilines is 1. The Bertz CT molecular complexity index is 398. The summed E-state index contributed by atoms with van der Waals surface area (Å²) in [6.07, 6.45) is 1.25. The van der Waals surface area contributed by atoms with E-state index in [-0.39, 0.29) is 18.3 Å². The number of nitro groups is 1. The Kier molecular flexibility index (Phi) is 4.84. The molecule has 0 aliphatic rings. The van der Waals surface area contributed by atoms with Crippen LogP contribution in [0.25, 0.3) is 0 Å². The van der Waals surface area contributed by atoms with Crippen molar-refractivity contribution in [2.45, 2.75) is 25.8 Å². The van der Waals surface area contributed by atoms with E-state index in [0.717, 1.165) is 6.07 Å². The van der Waals surface area contributed by atoms with Crippen LogP contribution in [-0.4, -0.2) is 22.7 Å². The molecule has 1 unspecified atom stereocenters. The van der Waals surface area contributed by atoms with Crippen molar-refractivity contribution >= 4 is 11.4 Å². The molecule has 2 N–H and O–H groups in total. The first kappa shape index (κ1) is 13.4. The molecule has 0 bridgehead atoms. The van der Waals surface area contributed by atoms with Crippen LogP contribution in [0.2, 0.25) is 0 Å². The van der Waals surface area contributed by atoms with Gasteiger partial charge in [-0.3, -0.25) is 10.1 Å². The highest BCUT2D eigenvalue weighted by Gasteiger charge is 2.20. The van der Waals surface area contributed by atoms with Gasteiger partial charge in [0.15, 0.2) is 0 Å². The van der Waals surface area contributed by atoms with Gasteiger partial charge in [-0.2, -0.15) is 4.39 Å². The summed E-state index contributed by atoms with van der Waals surface area (Å²) >= 11 is 0. The maximum absolute atomic E-state index is 13.3. The van der Waals surface area contributed by atoms with Crippen LogP contribution < -0.4 is 5.32 Å². The SMILES string of the molecule is CC(CCCO)Nc1cccc(F)c1[N+](=O)[O-]. The Hall–Kier alpha value is -1.69. The Balaban J connectivity index is 2.83. The molecule has 0 saturated heterocycles. The second kappa shape index (κ2) is 6.15. The molecule has 0 saturated carbocycles. The average Bonchev–Trinajstić information content (AvgIpc) is 2.25. The number of nitrogens with one attached hydrogen (secondary N) is 1. The fourth-order valence-electron chi connectivity index (χ4n) is 1.55. The Morgan fingerprint density at radius 2 is 2.29 bits per heavy atom. The van der Waals surface area contributed by atoms with Gasteiger partial charge in [-0.1, -0.05) is 6.07 Å². The number of hydrogen-bond acceptors (Lipinski definition) is 4. The highest BCUT2D eigenvalue weighted by molar-refractivity contribution is 5.62. The molecule has 1 aromatic carbocycles. The van der Waals surface area contributed by atoms with Crippen molar-refractivity contribution in [2.24, 2.45) is 0 Å². The summed E-state index contributed by atoms with van der Waals surface area (Å²) < 4.78 is 13.3. The zero-order chi connectivity index (χ0) is 12.8. The zero-order valence-corrected chi connectivity index (χ0v) is 9.52. The van der Waals surface area contributed by atoms with Gasteiger partial charge in [0.25, 0.3) is 0 Å². The molecular formula is C11H15FN2O3. The summed E-state index contributed by atoms with van der Waals surface area (Å²) in [5.41, 5.74) is -0.371. The lowest BCUT2D eigenvalue weighted by Crippen LogP contribution is -2.16. The summed E-state index contributed by atoms with van der Waals surface area (Å²) in [6, 6.07) is 3.88. The van der Waals surface area contributed by atoms with Crippen LogP contribution >= 0.6 is 0 Å². The summed E-state index contributed by atoms with van der Waals surface area (Å²) in [7, 11) is 0. The summed E-state index contributed by atoms with van der Waals surface area (Å²) in [6.45, 7) is 1.89. The van der Waals surface area contributed by atoms with Gasteiger partial charge in [0.05, 0.1) is 4.92 Å². The van der Waals surface area contributed by atoms with E-state index in [4.69, 9.17) is 5.11 Å². The molecule has 1 aromatic rings. The number of aliphatic hydroxyl groups is 1. The summed E-state index contributed by atoms with van der Waals surface area (Å²) in [4.78, 5) is 9.98. The lowest BCUT2D eigenvalue weighted by Gasteiger charge is -2.14.